The van der Waals surface area contributed by atoms with E-state index in [0.717, 1.165) is 4.88 Å². The summed E-state index contributed by atoms with van der Waals surface area (Å²) in [6, 6.07) is 10.6. The summed E-state index contributed by atoms with van der Waals surface area (Å²) in [6.45, 7) is 2.76. The Kier molecular flexibility index (Phi) is 5.26. The molecule has 3 aromatic heterocycles. The van der Waals surface area contributed by atoms with E-state index in [1.807, 2.05) is 24.4 Å². The number of rotatable bonds is 4. The molecule has 1 fully saturated rings. The van der Waals surface area contributed by atoms with Crippen LogP contribution in [0.25, 0.3) is 21.6 Å². The minimum absolute atomic E-state index is 0.0207. The smallest absolute Gasteiger partial charge is 0.256 e. The van der Waals surface area contributed by atoms with E-state index in [9.17, 15) is 13.2 Å². The number of pyridine rings is 1. The highest BCUT2D eigenvalue weighted by atomic mass is 32.2. The summed E-state index contributed by atoms with van der Waals surface area (Å²) < 4.78 is 37.2. The molecule has 35 heavy (non-hydrogen) atoms. The van der Waals surface area contributed by atoms with Crippen LogP contribution in [0.4, 0.5) is 5.69 Å². The van der Waals surface area contributed by atoms with Gasteiger partial charge in [-0.1, -0.05) is 6.07 Å². The maximum Gasteiger partial charge on any atom is 0.256 e. The molecule has 1 N–H and O–H groups in total. The van der Waals surface area contributed by atoms with Gasteiger partial charge in [0.15, 0.2) is 27.0 Å². The molecule has 1 atom stereocenters. The number of ether oxygens (including phenoxy) is 2. The van der Waals surface area contributed by atoms with Crippen molar-refractivity contribution in [1.29, 1.82) is 0 Å². The number of carbonyl (C=O) groups is 1. The van der Waals surface area contributed by atoms with Crippen LogP contribution in [-0.2, 0) is 9.84 Å². The van der Waals surface area contributed by atoms with Crippen molar-refractivity contribution < 1.29 is 22.7 Å². The second kappa shape index (κ2) is 8.35. The van der Waals surface area contributed by atoms with E-state index in [0.29, 0.717) is 64.8 Å². The van der Waals surface area contributed by atoms with Gasteiger partial charge in [0.2, 0.25) is 0 Å². The first kappa shape index (κ1) is 22.1. The molecule has 4 aromatic rings. The van der Waals surface area contributed by atoms with Crippen molar-refractivity contribution in [2.24, 2.45) is 0 Å². The summed E-state index contributed by atoms with van der Waals surface area (Å²) in [5, 5.41) is 10.2. The average molecular weight is 511 g/mol. The second-order valence-electron chi connectivity index (χ2n) is 8.63. The molecule has 5 heterocycles. The molecule has 2 aliphatic heterocycles. The van der Waals surface area contributed by atoms with Crippen LogP contribution < -0.4 is 14.8 Å². The van der Waals surface area contributed by atoms with Gasteiger partial charge in [0, 0.05) is 11.8 Å². The summed E-state index contributed by atoms with van der Waals surface area (Å²) in [5.74, 6) is 1.06. The topological polar surface area (TPSA) is 112 Å². The zero-order valence-corrected chi connectivity index (χ0v) is 20.5. The predicted octanol–water partition coefficient (Wildman–Crippen LogP) is 3.85. The van der Waals surface area contributed by atoms with Crippen LogP contribution in [0.1, 0.15) is 28.5 Å². The lowest BCUT2D eigenvalue weighted by molar-refractivity contribution is 0.102. The minimum Gasteiger partial charge on any atom is -0.486 e. The molecule has 1 aromatic carbocycles. The van der Waals surface area contributed by atoms with E-state index in [1.165, 1.54) is 11.3 Å². The van der Waals surface area contributed by atoms with Crippen LogP contribution in [0.15, 0.2) is 41.8 Å². The van der Waals surface area contributed by atoms with Gasteiger partial charge in [0.25, 0.3) is 5.91 Å². The van der Waals surface area contributed by atoms with E-state index in [2.05, 4.69) is 10.4 Å². The summed E-state index contributed by atoms with van der Waals surface area (Å²) in [6.07, 6.45) is 0.474. The number of hydrogen-bond donors (Lipinski definition) is 1. The zero-order valence-electron chi connectivity index (χ0n) is 18.9. The number of fused-ring (bicyclic) bond motifs is 2. The van der Waals surface area contributed by atoms with Crippen molar-refractivity contribution >= 4 is 43.8 Å². The lowest BCUT2D eigenvalue weighted by Crippen LogP contribution is -2.17. The Morgan fingerprint density at radius 1 is 1.17 bits per heavy atom. The molecule has 1 unspecified atom stereocenters. The van der Waals surface area contributed by atoms with E-state index >= 15 is 0 Å². The molecule has 0 spiro atoms. The molecule has 1 amide bonds. The third-order valence-corrected chi connectivity index (χ3v) is 8.85. The van der Waals surface area contributed by atoms with E-state index < -0.39 is 9.84 Å². The first-order valence-corrected chi connectivity index (χ1v) is 13.9. The van der Waals surface area contributed by atoms with Crippen LogP contribution >= 0.6 is 11.3 Å². The van der Waals surface area contributed by atoms with Gasteiger partial charge in [-0.05, 0) is 43.0 Å². The highest BCUT2D eigenvalue weighted by molar-refractivity contribution is 7.91. The molecule has 0 bridgehead atoms. The number of sulfone groups is 1. The molecule has 11 heteroatoms. The number of nitrogens with one attached hydrogen (secondary N) is 1. The number of carbonyl (C=O) groups excluding carboxylic acids is 1. The number of aromatic nitrogens is 3. The minimum atomic E-state index is -3.12. The van der Waals surface area contributed by atoms with Gasteiger partial charge in [-0.3, -0.25) is 4.79 Å². The number of nitrogens with zero attached hydrogens (tertiary/aromatic N) is 3. The third-order valence-electron chi connectivity index (χ3n) is 6.21. The lowest BCUT2D eigenvalue weighted by atomic mass is 10.1. The Morgan fingerprint density at radius 3 is 2.74 bits per heavy atom. The van der Waals surface area contributed by atoms with Gasteiger partial charge < -0.3 is 14.8 Å². The van der Waals surface area contributed by atoms with E-state index in [1.54, 1.807) is 28.9 Å². The quantitative estimate of drug-likeness (QED) is 0.444. The number of aryl methyl sites for hydroxylation is 1. The number of hydrogen-bond acceptors (Lipinski definition) is 8. The molecular formula is C24H22N4O5S2. The van der Waals surface area contributed by atoms with Crippen molar-refractivity contribution in [3.63, 3.8) is 0 Å². The fourth-order valence-corrected chi connectivity index (χ4v) is 6.96. The van der Waals surface area contributed by atoms with Crippen molar-refractivity contribution in [1.82, 2.24) is 14.8 Å². The molecule has 0 radical (unpaired) electrons. The first-order chi connectivity index (χ1) is 16.9. The maximum absolute atomic E-state index is 13.6. The van der Waals surface area contributed by atoms with Gasteiger partial charge in [0.1, 0.15) is 13.2 Å². The van der Waals surface area contributed by atoms with Crippen LogP contribution in [-0.4, -0.2) is 53.8 Å². The molecule has 0 saturated carbocycles. The van der Waals surface area contributed by atoms with Crippen LogP contribution in [0, 0.1) is 6.92 Å². The molecule has 2 aliphatic rings. The number of thiophene rings is 1. The van der Waals surface area contributed by atoms with Gasteiger partial charge in [-0.25, -0.2) is 18.1 Å². The molecule has 9 nitrogen and oxygen atoms in total. The Hall–Kier alpha value is -3.44. The third kappa shape index (κ3) is 4.04. The average Bonchev–Trinajstić information content (AvgIpc) is 3.58. The predicted molar refractivity (Wildman–Crippen MR) is 133 cm³/mol. The number of benzene rings is 1. The van der Waals surface area contributed by atoms with Crippen LogP contribution in [0.5, 0.6) is 11.5 Å². The summed E-state index contributed by atoms with van der Waals surface area (Å²) in [4.78, 5) is 19.3. The van der Waals surface area contributed by atoms with Crippen molar-refractivity contribution in [3.05, 3.63) is 53.0 Å². The molecule has 180 valence electrons. The van der Waals surface area contributed by atoms with Crippen molar-refractivity contribution in [3.8, 4) is 22.1 Å². The Morgan fingerprint density at radius 2 is 2.00 bits per heavy atom. The van der Waals surface area contributed by atoms with E-state index in [-0.39, 0.29) is 23.5 Å². The Labute approximate surface area is 205 Å². The van der Waals surface area contributed by atoms with Crippen LogP contribution in [0.3, 0.4) is 0 Å². The van der Waals surface area contributed by atoms with E-state index in [4.69, 9.17) is 14.5 Å². The summed E-state index contributed by atoms with van der Waals surface area (Å²) in [5.41, 5.74) is 2.79. The SMILES string of the molecule is Cc1nn(C2CCS(=O)(=O)C2)c2nc(-c3cccs3)cc(C(=O)Nc3ccc4c(c3)OCCO4)c12. The molecule has 0 aliphatic carbocycles. The number of amides is 1. The van der Waals surface area contributed by atoms with Crippen molar-refractivity contribution in [2.75, 3.05) is 30.0 Å². The van der Waals surface area contributed by atoms with Crippen molar-refractivity contribution in [2.45, 2.75) is 19.4 Å². The second-order valence-corrected chi connectivity index (χ2v) is 11.8. The fraction of sp³-hybridized carbons (Fsp3) is 0.292. The highest BCUT2D eigenvalue weighted by Crippen LogP contribution is 2.35. The van der Waals surface area contributed by atoms with Gasteiger partial charge in [0.05, 0.1) is 44.8 Å². The van der Waals surface area contributed by atoms with Gasteiger partial charge in [-0.15, -0.1) is 11.3 Å². The fourth-order valence-electron chi connectivity index (χ4n) is 4.59. The van der Waals surface area contributed by atoms with Gasteiger partial charge in [-0.2, -0.15) is 5.10 Å². The largest absolute Gasteiger partial charge is 0.486 e. The number of anilines is 1. The van der Waals surface area contributed by atoms with Gasteiger partial charge >= 0.3 is 0 Å². The normalized spacial score (nSPS) is 18.6. The monoisotopic (exact) mass is 510 g/mol. The summed E-state index contributed by atoms with van der Waals surface area (Å²) in [7, 11) is -3.12. The Bertz CT molecular complexity index is 1560. The summed E-state index contributed by atoms with van der Waals surface area (Å²) >= 11 is 1.52. The Balaban J connectivity index is 1.45. The standard InChI is InChI=1S/C24H22N4O5S2/c1-14-22-17(24(29)25-15-4-5-19-20(11-15)33-8-7-32-19)12-18(21-3-2-9-34-21)26-23(22)28(27-14)16-6-10-35(30,31)13-16/h2-5,9,11-12,16H,6-8,10,13H2,1H3,(H,25,29). The zero-order chi connectivity index (χ0) is 24.2. The molecule has 6 rings (SSSR count). The van der Waals surface area contributed by atoms with Crippen LogP contribution in [0.2, 0.25) is 0 Å². The molecular weight excluding hydrogens is 488 g/mol. The maximum atomic E-state index is 13.6. The lowest BCUT2D eigenvalue weighted by Gasteiger charge is -2.19. The highest BCUT2D eigenvalue weighted by Gasteiger charge is 2.32. The first-order valence-electron chi connectivity index (χ1n) is 11.2. The molecule has 1 saturated heterocycles.